The van der Waals surface area contributed by atoms with E-state index >= 15 is 0 Å². The van der Waals surface area contributed by atoms with E-state index < -0.39 is 11.9 Å². The first-order valence-electron chi connectivity index (χ1n) is 3.96. The van der Waals surface area contributed by atoms with E-state index in [9.17, 15) is 0 Å². The number of carbonyl (C=O) groups is 2. The Labute approximate surface area is 114 Å². The molecule has 0 amide bonds. The molecule has 4 nitrogen and oxygen atoms in total. The van der Waals surface area contributed by atoms with Crippen molar-refractivity contribution in [1.29, 1.82) is 0 Å². The van der Waals surface area contributed by atoms with Crippen molar-refractivity contribution in [3.63, 3.8) is 0 Å². The second-order valence-corrected chi connectivity index (χ2v) is 3.58. The summed E-state index contributed by atoms with van der Waals surface area (Å²) < 4.78 is 1.29. The van der Waals surface area contributed by atoms with Crippen LogP contribution in [0, 0.1) is 3.57 Å². The van der Waals surface area contributed by atoms with Crippen LogP contribution in [0.15, 0.2) is 30.3 Å². The predicted octanol–water partition coefficient (Wildman–Crippen LogP) is 2.89. The van der Waals surface area contributed by atoms with E-state index in [1.54, 1.807) is 0 Å². The standard InChI is InChI=1S/C6H5I.2C2H4O2.ClH/c7-6-4-2-1-3-5-6;2*1-2(3)4;/h1-5H;2*1H3,(H,3,4);1H. The Bertz CT molecular complexity index is 270. The Kier molecular flexibility index (Phi) is 18.2. The summed E-state index contributed by atoms with van der Waals surface area (Å²) in [6.07, 6.45) is 0. The van der Waals surface area contributed by atoms with Crippen molar-refractivity contribution in [3.05, 3.63) is 33.9 Å². The van der Waals surface area contributed by atoms with Gasteiger partial charge in [-0.3, -0.25) is 9.59 Å². The second-order valence-electron chi connectivity index (χ2n) is 2.33. The molecule has 92 valence electrons. The molecule has 1 rings (SSSR count). The van der Waals surface area contributed by atoms with Crippen LogP contribution >= 0.6 is 35.0 Å². The van der Waals surface area contributed by atoms with Crippen molar-refractivity contribution in [1.82, 2.24) is 0 Å². The Morgan fingerprint density at radius 1 is 1.00 bits per heavy atom. The highest BCUT2D eigenvalue weighted by Crippen LogP contribution is 1.99. The molecule has 1 aromatic rings. The molecule has 0 bridgehead atoms. The van der Waals surface area contributed by atoms with Crippen molar-refractivity contribution in [2.75, 3.05) is 0 Å². The Balaban J connectivity index is -0.000000166. The summed E-state index contributed by atoms with van der Waals surface area (Å²) in [5.41, 5.74) is 0. The van der Waals surface area contributed by atoms with Crippen LogP contribution in [-0.4, -0.2) is 22.2 Å². The van der Waals surface area contributed by atoms with Crippen molar-refractivity contribution in [2.45, 2.75) is 13.8 Å². The van der Waals surface area contributed by atoms with Crippen molar-refractivity contribution < 1.29 is 19.8 Å². The number of aliphatic carboxylic acids is 2. The summed E-state index contributed by atoms with van der Waals surface area (Å²) in [6, 6.07) is 10.2. The van der Waals surface area contributed by atoms with Crippen LogP contribution in [0.25, 0.3) is 0 Å². The lowest BCUT2D eigenvalue weighted by atomic mass is 10.4. The quantitative estimate of drug-likeness (QED) is 0.698. The molecule has 0 radical (unpaired) electrons. The molecule has 0 spiro atoms. The molecule has 16 heavy (non-hydrogen) atoms. The number of rotatable bonds is 0. The zero-order valence-corrected chi connectivity index (χ0v) is 11.9. The minimum atomic E-state index is -0.833. The fraction of sp³-hybridized carbons (Fsp3) is 0.200. The maximum absolute atomic E-state index is 9.00. The van der Waals surface area contributed by atoms with Gasteiger partial charge in [0.25, 0.3) is 11.9 Å². The number of carboxylic acids is 2. The van der Waals surface area contributed by atoms with Gasteiger partial charge in [-0.25, -0.2) is 0 Å². The summed E-state index contributed by atoms with van der Waals surface area (Å²) >= 11 is 2.28. The Hall–Kier alpha value is -0.820. The van der Waals surface area contributed by atoms with Gasteiger partial charge >= 0.3 is 0 Å². The van der Waals surface area contributed by atoms with Gasteiger partial charge in [0.1, 0.15) is 0 Å². The van der Waals surface area contributed by atoms with Gasteiger partial charge in [0.05, 0.1) is 0 Å². The molecule has 0 saturated heterocycles. The van der Waals surface area contributed by atoms with Crippen LogP contribution in [0.4, 0.5) is 0 Å². The fourth-order valence-corrected chi connectivity index (χ4v) is 0.830. The molecule has 6 heteroatoms. The van der Waals surface area contributed by atoms with Crippen LogP contribution in [0.1, 0.15) is 13.8 Å². The lowest BCUT2D eigenvalue weighted by Crippen LogP contribution is -1.78. The van der Waals surface area contributed by atoms with Gasteiger partial charge in [-0.15, -0.1) is 12.4 Å². The highest BCUT2D eigenvalue weighted by atomic mass is 127. The Morgan fingerprint density at radius 3 is 1.38 bits per heavy atom. The highest BCUT2D eigenvalue weighted by molar-refractivity contribution is 14.1. The summed E-state index contributed by atoms with van der Waals surface area (Å²) in [5.74, 6) is -1.67. The van der Waals surface area contributed by atoms with E-state index in [-0.39, 0.29) is 12.4 Å². The number of hydrogen-bond acceptors (Lipinski definition) is 2. The highest BCUT2D eigenvalue weighted by Gasteiger charge is 1.74. The van der Waals surface area contributed by atoms with Crippen molar-refractivity contribution in [2.24, 2.45) is 0 Å². The molecule has 0 unspecified atom stereocenters. The molecule has 0 aliphatic rings. The van der Waals surface area contributed by atoms with Gasteiger partial charge in [0.15, 0.2) is 0 Å². The minimum Gasteiger partial charge on any atom is -0.481 e. The average molecular weight is 361 g/mol. The van der Waals surface area contributed by atoms with Crippen LogP contribution in [0.3, 0.4) is 0 Å². The zero-order chi connectivity index (χ0) is 12.3. The molecule has 0 saturated carbocycles. The van der Waals surface area contributed by atoms with Gasteiger partial charge in [-0.2, -0.15) is 0 Å². The lowest BCUT2D eigenvalue weighted by molar-refractivity contribution is -0.135. The van der Waals surface area contributed by atoms with E-state index in [0.717, 1.165) is 13.8 Å². The number of halogens is 2. The lowest BCUT2D eigenvalue weighted by Gasteiger charge is -1.80. The molecule has 1 aromatic carbocycles. The topological polar surface area (TPSA) is 74.6 Å². The molecular formula is C10H14ClIO4. The van der Waals surface area contributed by atoms with Gasteiger partial charge in [-0.1, -0.05) is 18.2 Å². The van der Waals surface area contributed by atoms with Crippen LogP contribution < -0.4 is 0 Å². The van der Waals surface area contributed by atoms with E-state index in [2.05, 4.69) is 34.7 Å². The number of carboxylic acid groups (broad SMARTS) is 2. The number of benzene rings is 1. The van der Waals surface area contributed by atoms with Crippen molar-refractivity contribution >= 4 is 46.9 Å². The third-order valence-corrected chi connectivity index (χ3v) is 1.45. The third kappa shape index (κ3) is 37.9. The summed E-state index contributed by atoms with van der Waals surface area (Å²) in [5, 5.41) is 14.8. The fourth-order valence-electron chi connectivity index (χ4n) is 0.415. The number of hydrogen-bond donors (Lipinski definition) is 2. The smallest absolute Gasteiger partial charge is 0.300 e. The van der Waals surface area contributed by atoms with Gasteiger partial charge < -0.3 is 10.2 Å². The summed E-state index contributed by atoms with van der Waals surface area (Å²) in [6.45, 7) is 2.17. The zero-order valence-electron chi connectivity index (χ0n) is 8.88. The molecule has 2 N–H and O–H groups in total. The SMILES string of the molecule is CC(=O)O.CC(=O)O.Cl.Ic1ccccc1. The summed E-state index contributed by atoms with van der Waals surface area (Å²) in [7, 11) is 0. The molecule has 0 aromatic heterocycles. The molecule has 0 aliphatic carbocycles. The first kappa shape index (κ1) is 20.6. The molecule has 0 fully saturated rings. The van der Waals surface area contributed by atoms with Gasteiger partial charge in [-0.05, 0) is 34.7 Å². The predicted molar refractivity (Wildman–Crippen MR) is 73.0 cm³/mol. The third-order valence-electron chi connectivity index (χ3n) is 0.733. The van der Waals surface area contributed by atoms with E-state index in [0.29, 0.717) is 0 Å². The minimum absolute atomic E-state index is 0. The van der Waals surface area contributed by atoms with E-state index in [1.165, 1.54) is 3.57 Å². The normalized spacial score (nSPS) is 6.94. The molecule has 0 aliphatic heterocycles. The van der Waals surface area contributed by atoms with E-state index in [4.69, 9.17) is 19.8 Å². The average Bonchev–Trinajstić information content (AvgIpc) is 2.03. The maximum Gasteiger partial charge on any atom is 0.300 e. The van der Waals surface area contributed by atoms with Gasteiger partial charge in [0.2, 0.25) is 0 Å². The summed E-state index contributed by atoms with van der Waals surface area (Å²) in [4.78, 5) is 18.0. The second kappa shape index (κ2) is 14.2. The largest absolute Gasteiger partial charge is 0.481 e. The Morgan fingerprint density at radius 2 is 1.25 bits per heavy atom. The monoisotopic (exact) mass is 360 g/mol. The van der Waals surface area contributed by atoms with Crippen LogP contribution in [-0.2, 0) is 9.59 Å². The van der Waals surface area contributed by atoms with Gasteiger partial charge in [0, 0.05) is 17.4 Å². The first-order chi connectivity index (χ1) is 6.86. The van der Waals surface area contributed by atoms with Crippen LogP contribution in [0.5, 0.6) is 0 Å². The molecule has 0 atom stereocenters. The molecule has 0 heterocycles. The van der Waals surface area contributed by atoms with E-state index in [1.807, 2.05) is 18.2 Å². The first-order valence-corrected chi connectivity index (χ1v) is 5.03. The molecular weight excluding hydrogens is 346 g/mol. The van der Waals surface area contributed by atoms with Crippen molar-refractivity contribution in [3.8, 4) is 0 Å². The van der Waals surface area contributed by atoms with Crippen LogP contribution in [0.2, 0.25) is 0 Å². The maximum atomic E-state index is 9.00.